The smallest absolute Gasteiger partial charge is 0.159 e. The maximum atomic E-state index is 4.56. The van der Waals surface area contributed by atoms with Gasteiger partial charge in [-0.25, -0.2) is 19.9 Å². The van der Waals surface area contributed by atoms with Gasteiger partial charge in [-0.2, -0.15) is 0 Å². The van der Waals surface area contributed by atoms with Crippen molar-refractivity contribution < 1.29 is 0 Å². The number of hydrogen-bond acceptors (Lipinski definition) is 4. The largest absolute Gasteiger partial charge is 0.309 e. The lowest BCUT2D eigenvalue weighted by atomic mass is 9.82. The highest BCUT2D eigenvalue weighted by Crippen LogP contribution is 2.51. The molecule has 40 heavy (non-hydrogen) atoms. The lowest BCUT2D eigenvalue weighted by Crippen LogP contribution is -2.14. The molecule has 7 aromatic rings. The summed E-state index contributed by atoms with van der Waals surface area (Å²) in [6, 6.07) is 32.3. The summed E-state index contributed by atoms with van der Waals surface area (Å²) in [6.07, 6.45) is 7.10. The molecule has 3 heterocycles. The zero-order chi connectivity index (χ0) is 26.8. The summed E-state index contributed by atoms with van der Waals surface area (Å²) in [5.41, 5.74) is 10.5. The molecule has 5 nitrogen and oxygen atoms in total. The van der Waals surface area contributed by atoms with Crippen LogP contribution in [-0.2, 0) is 5.41 Å². The molecule has 0 radical (unpaired) electrons. The Morgan fingerprint density at radius 1 is 0.525 bits per heavy atom. The van der Waals surface area contributed by atoms with Crippen molar-refractivity contribution in [2.75, 3.05) is 0 Å². The monoisotopic (exact) mass is 515 g/mol. The molecule has 0 fully saturated rings. The van der Waals surface area contributed by atoms with Gasteiger partial charge in [-0.1, -0.05) is 56.3 Å². The average molecular weight is 516 g/mol. The predicted molar refractivity (Wildman–Crippen MR) is 160 cm³/mol. The molecule has 0 saturated heterocycles. The van der Waals surface area contributed by atoms with Crippen LogP contribution >= 0.6 is 0 Å². The van der Waals surface area contributed by atoms with Crippen molar-refractivity contribution >= 4 is 21.8 Å². The molecule has 3 aromatic heterocycles. The van der Waals surface area contributed by atoms with Crippen molar-refractivity contribution in [1.29, 1.82) is 0 Å². The Morgan fingerprint density at radius 2 is 1.15 bits per heavy atom. The lowest BCUT2D eigenvalue weighted by Gasteiger charge is -2.21. The maximum absolute atomic E-state index is 4.56. The van der Waals surface area contributed by atoms with Crippen molar-refractivity contribution in [3.05, 3.63) is 127 Å². The topological polar surface area (TPSA) is 56.5 Å². The molecule has 4 aromatic carbocycles. The van der Waals surface area contributed by atoms with Crippen LogP contribution in [-0.4, -0.2) is 24.5 Å². The molecular weight excluding hydrogens is 490 g/mol. The number of aromatic nitrogens is 5. The minimum Gasteiger partial charge on any atom is -0.309 e. The van der Waals surface area contributed by atoms with Crippen LogP contribution in [0.15, 0.2) is 116 Å². The van der Waals surface area contributed by atoms with Gasteiger partial charge in [0.15, 0.2) is 11.6 Å². The molecule has 0 saturated carbocycles. The Balaban J connectivity index is 1.47. The molecule has 0 aliphatic heterocycles. The molecule has 0 amide bonds. The van der Waals surface area contributed by atoms with E-state index in [1.165, 1.54) is 38.5 Å². The Labute approximate surface area is 231 Å². The van der Waals surface area contributed by atoms with Crippen LogP contribution in [0.1, 0.15) is 25.0 Å². The molecule has 0 bridgehead atoms. The third kappa shape index (κ3) is 3.27. The fourth-order valence-corrected chi connectivity index (χ4v) is 6.34. The first-order valence-corrected chi connectivity index (χ1v) is 13.5. The highest BCUT2D eigenvalue weighted by Gasteiger charge is 2.36. The molecular formula is C35H25N5. The van der Waals surface area contributed by atoms with E-state index in [1.807, 2.05) is 12.1 Å². The molecule has 5 heteroatoms. The molecule has 0 atom stereocenters. The van der Waals surface area contributed by atoms with Crippen LogP contribution in [0.4, 0.5) is 0 Å². The predicted octanol–water partition coefficient (Wildman–Crippen LogP) is 8.00. The van der Waals surface area contributed by atoms with Gasteiger partial charge in [0.25, 0.3) is 0 Å². The number of hydrogen-bond donors (Lipinski definition) is 0. The van der Waals surface area contributed by atoms with Gasteiger partial charge in [0.1, 0.15) is 0 Å². The van der Waals surface area contributed by atoms with E-state index in [9.17, 15) is 0 Å². The first-order chi connectivity index (χ1) is 19.6. The zero-order valence-electron chi connectivity index (χ0n) is 22.2. The molecule has 190 valence electrons. The summed E-state index contributed by atoms with van der Waals surface area (Å²) < 4.78 is 2.36. The van der Waals surface area contributed by atoms with Crippen molar-refractivity contribution in [2.24, 2.45) is 0 Å². The molecule has 8 rings (SSSR count). The third-order valence-electron chi connectivity index (χ3n) is 8.20. The van der Waals surface area contributed by atoms with Gasteiger partial charge in [-0.15, -0.1) is 0 Å². The van der Waals surface area contributed by atoms with Crippen LogP contribution in [0.3, 0.4) is 0 Å². The van der Waals surface area contributed by atoms with E-state index < -0.39 is 0 Å². The molecule has 0 spiro atoms. The van der Waals surface area contributed by atoms with Crippen molar-refractivity contribution in [2.45, 2.75) is 19.3 Å². The summed E-state index contributed by atoms with van der Waals surface area (Å²) in [5.74, 6) is 1.33. The highest BCUT2D eigenvalue weighted by molar-refractivity contribution is 6.11. The molecule has 1 aliphatic carbocycles. The quantitative estimate of drug-likeness (QED) is 0.239. The summed E-state index contributed by atoms with van der Waals surface area (Å²) in [4.78, 5) is 18.2. The fourth-order valence-electron chi connectivity index (χ4n) is 6.34. The minimum atomic E-state index is -0.0638. The van der Waals surface area contributed by atoms with Crippen LogP contribution in [0.5, 0.6) is 0 Å². The van der Waals surface area contributed by atoms with E-state index in [0.717, 1.165) is 22.3 Å². The SMILES string of the molecule is CC1(C)c2ccccc2-c2cc3c(cc21)c1ccccc1n3-c1cc(-c2ncccn2)cc(-c2ncccn2)c1. The van der Waals surface area contributed by atoms with E-state index in [4.69, 9.17) is 0 Å². The highest BCUT2D eigenvalue weighted by atomic mass is 15.0. The van der Waals surface area contributed by atoms with E-state index in [-0.39, 0.29) is 5.41 Å². The Kier molecular flexibility index (Phi) is 4.80. The van der Waals surface area contributed by atoms with Crippen molar-refractivity contribution in [1.82, 2.24) is 24.5 Å². The minimum absolute atomic E-state index is 0.0638. The average Bonchev–Trinajstić information content (AvgIpc) is 3.45. The van der Waals surface area contributed by atoms with Gasteiger partial charge >= 0.3 is 0 Å². The molecule has 1 aliphatic rings. The van der Waals surface area contributed by atoms with Crippen molar-refractivity contribution in [3.8, 4) is 39.6 Å². The number of rotatable bonds is 3. The fraction of sp³-hybridized carbons (Fsp3) is 0.0857. The maximum Gasteiger partial charge on any atom is 0.159 e. The second-order valence-electron chi connectivity index (χ2n) is 10.9. The standard InChI is InChI=1S/C35H25N5/c1-35(2)29-11-5-3-9-25(29)27-21-32-28(20-30(27)35)26-10-4-6-12-31(26)40(32)24-18-22(33-36-13-7-14-37-33)17-23(19-24)34-38-15-8-16-39-34/h3-21H,1-2H3. The number of fused-ring (bicyclic) bond motifs is 6. The van der Waals surface area contributed by atoms with Crippen LogP contribution in [0.25, 0.3) is 61.4 Å². The van der Waals surface area contributed by atoms with Gasteiger partial charge < -0.3 is 4.57 Å². The van der Waals surface area contributed by atoms with Gasteiger partial charge in [-0.3, -0.25) is 0 Å². The van der Waals surface area contributed by atoms with Gasteiger partial charge in [-0.05, 0) is 70.8 Å². The lowest BCUT2D eigenvalue weighted by molar-refractivity contribution is 0.661. The second kappa shape index (κ2) is 8.42. The van der Waals surface area contributed by atoms with Crippen LogP contribution in [0, 0.1) is 0 Å². The Bertz CT molecular complexity index is 2020. The van der Waals surface area contributed by atoms with E-state index in [2.05, 4.69) is 117 Å². The van der Waals surface area contributed by atoms with Gasteiger partial charge in [0, 0.05) is 57.8 Å². The summed E-state index contributed by atoms with van der Waals surface area (Å²) in [5, 5.41) is 2.47. The van der Waals surface area contributed by atoms with E-state index in [1.54, 1.807) is 24.8 Å². The molecule has 0 unspecified atom stereocenters. The first-order valence-electron chi connectivity index (χ1n) is 13.5. The summed E-state index contributed by atoms with van der Waals surface area (Å²) >= 11 is 0. The Hall–Kier alpha value is -5.16. The first kappa shape index (κ1) is 22.8. The molecule has 0 N–H and O–H groups in total. The number of para-hydroxylation sites is 1. The summed E-state index contributed by atoms with van der Waals surface area (Å²) in [6.45, 7) is 4.66. The number of benzene rings is 4. The van der Waals surface area contributed by atoms with Gasteiger partial charge in [0.2, 0.25) is 0 Å². The number of nitrogens with zero attached hydrogens (tertiary/aromatic N) is 5. The third-order valence-corrected chi connectivity index (χ3v) is 8.20. The van der Waals surface area contributed by atoms with Crippen molar-refractivity contribution in [3.63, 3.8) is 0 Å². The zero-order valence-corrected chi connectivity index (χ0v) is 22.2. The normalized spacial score (nSPS) is 13.4. The van der Waals surface area contributed by atoms with Crippen LogP contribution < -0.4 is 0 Å². The summed E-state index contributed by atoms with van der Waals surface area (Å²) in [7, 11) is 0. The van der Waals surface area contributed by atoms with E-state index in [0.29, 0.717) is 11.6 Å². The van der Waals surface area contributed by atoms with E-state index >= 15 is 0 Å². The second-order valence-corrected chi connectivity index (χ2v) is 10.9. The Morgan fingerprint density at radius 3 is 1.85 bits per heavy atom. The van der Waals surface area contributed by atoms with Crippen LogP contribution in [0.2, 0.25) is 0 Å². The van der Waals surface area contributed by atoms with Gasteiger partial charge in [0.05, 0.1) is 11.0 Å².